The molecule has 0 bridgehead atoms. The molecule has 9 nitrogen and oxygen atoms in total. The van der Waals surface area contributed by atoms with E-state index >= 15 is 0 Å². The van der Waals surface area contributed by atoms with Crippen LogP contribution in [0.3, 0.4) is 0 Å². The molecule has 0 saturated heterocycles. The van der Waals surface area contributed by atoms with Crippen LogP contribution in [0, 0.1) is 0 Å². The molecular formula is C2H6Cl3Na4O9P. The molecule has 0 aromatic carbocycles. The molecule has 0 amide bonds. The second kappa shape index (κ2) is 67.0. The molecule has 0 aromatic rings. The molecule has 0 saturated carbocycles. The van der Waals surface area contributed by atoms with Gasteiger partial charge in [-0.25, -0.2) is 40.2 Å². The molecule has 0 heterocycles. The van der Waals surface area contributed by atoms with E-state index in [9.17, 15) is 0 Å². The molecule has 0 spiro atoms. The molecule has 0 rings (SSSR count). The standard InChI is InChI=1S/C2H2O2.3ClO.4Na.H3O4P.H/c3-1-2-4;3*1-2;;;;;1-5(2,3)4;/h1-2H;;;;;;;;(H3,1,2,3,4);/q;3*-1;;3*+1;;. The number of aldehydes is 2. The largest absolute Gasteiger partial charge is 0.769 e. The molecule has 0 aliphatic heterocycles. The van der Waals surface area contributed by atoms with Crippen molar-refractivity contribution in [3.05, 3.63) is 0 Å². The monoisotopic (exact) mass is 402 g/mol. The molecular weight excluding hydrogens is 397 g/mol. The van der Waals surface area contributed by atoms with Crippen LogP contribution in [0.2, 0.25) is 0 Å². The minimum atomic E-state index is -4.64. The summed E-state index contributed by atoms with van der Waals surface area (Å²) in [5.74, 6) is 0. The third kappa shape index (κ3) is 335. The summed E-state index contributed by atoms with van der Waals surface area (Å²) in [7, 11) is -4.64. The Morgan fingerprint density at radius 3 is 0.789 bits per heavy atom. The maximum Gasteiger partial charge on any atom is -0.231 e. The summed E-state index contributed by atoms with van der Waals surface area (Å²) in [6.45, 7) is 0. The van der Waals surface area contributed by atoms with E-state index in [0.717, 1.165) is 0 Å². The van der Waals surface area contributed by atoms with Crippen LogP contribution in [-0.4, -0.2) is 56.8 Å². The van der Waals surface area contributed by atoms with Crippen LogP contribution < -0.4 is 103 Å². The molecule has 0 aliphatic rings. The first-order valence-corrected chi connectivity index (χ1v) is 4.54. The van der Waals surface area contributed by atoms with Crippen molar-refractivity contribution >= 4 is 85.6 Å². The summed E-state index contributed by atoms with van der Waals surface area (Å²) < 4.78 is 32.0. The van der Waals surface area contributed by atoms with Crippen LogP contribution in [0.4, 0.5) is 0 Å². The summed E-state index contributed by atoms with van der Waals surface area (Å²) in [6.07, 6.45) is 0.389. The topological polar surface area (TPSA) is 181 Å². The van der Waals surface area contributed by atoms with Gasteiger partial charge in [0, 0.05) is 0 Å². The summed E-state index contributed by atoms with van der Waals surface area (Å²) in [5.41, 5.74) is 0. The zero-order valence-electron chi connectivity index (χ0n) is 9.53. The average molecular weight is 403 g/mol. The SMILES string of the molecule is O=CC=O.O=P(O)(O)O.[Na+].[Na+].[Na+].[NaH].[O-]Cl.[O-]Cl.[O-]Cl. The molecule has 17 heteroatoms. The Morgan fingerprint density at radius 1 is 0.737 bits per heavy atom. The van der Waals surface area contributed by atoms with Gasteiger partial charge >= 0.3 is 126 Å². The van der Waals surface area contributed by atoms with Crippen LogP contribution in [0.5, 0.6) is 0 Å². The Hall–Kier alpha value is 4.20. The third-order valence-electron chi connectivity index (χ3n) is 0.0556. The Labute approximate surface area is 213 Å². The van der Waals surface area contributed by atoms with Crippen LogP contribution in [0.15, 0.2) is 0 Å². The first kappa shape index (κ1) is 56.7. The number of phosphoric acid groups is 1. The van der Waals surface area contributed by atoms with E-state index in [0.29, 0.717) is 0 Å². The molecule has 0 atom stereocenters. The quantitative estimate of drug-likeness (QED) is 0.166. The van der Waals surface area contributed by atoms with Gasteiger partial charge in [0.25, 0.3) is 0 Å². The fraction of sp³-hybridized carbons (Fsp3) is 0. The van der Waals surface area contributed by atoms with Crippen LogP contribution in [0.25, 0.3) is 0 Å². The molecule has 0 radical (unpaired) electrons. The van der Waals surface area contributed by atoms with Crippen LogP contribution in [-0.2, 0) is 14.2 Å². The van der Waals surface area contributed by atoms with E-state index in [2.05, 4.69) is 35.6 Å². The molecule has 0 aliphatic carbocycles. The van der Waals surface area contributed by atoms with Crippen molar-refractivity contribution in [2.24, 2.45) is 0 Å². The number of halogens is 3. The van der Waals surface area contributed by atoms with Gasteiger partial charge in [0.15, 0.2) is 12.6 Å². The predicted molar refractivity (Wildman–Crippen MR) is 51.1 cm³/mol. The first-order valence-electron chi connectivity index (χ1n) is 2.05. The van der Waals surface area contributed by atoms with E-state index in [-0.39, 0.29) is 131 Å². The Bertz CT molecular complexity index is 135. The minimum Gasteiger partial charge on any atom is -0.769 e. The average Bonchev–Trinajstić information content (AvgIpc) is 2.24. The summed E-state index contributed by atoms with van der Waals surface area (Å²) in [6, 6.07) is 0. The van der Waals surface area contributed by atoms with E-state index in [1.54, 1.807) is 0 Å². The van der Waals surface area contributed by atoms with Gasteiger partial charge in [-0.15, -0.1) is 0 Å². The van der Waals surface area contributed by atoms with Gasteiger partial charge in [-0.1, -0.05) is 0 Å². The second-order valence-electron chi connectivity index (χ2n) is 0.785. The zero-order valence-corrected chi connectivity index (χ0v) is 18.7. The molecule has 0 fully saturated rings. The Balaban J connectivity index is -0.00000000946. The fourth-order valence-corrected chi connectivity index (χ4v) is 0. The van der Waals surface area contributed by atoms with Crippen molar-refractivity contribution in [2.75, 3.05) is 0 Å². The Morgan fingerprint density at radius 2 is 0.789 bits per heavy atom. The van der Waals surface area contributed by atoms with Crippen molar-refractivity contribution in [3.8, 4) is 0 Å². The van der Waals surface area contributed by atoms with Crippen LogP contribution in [0.1, 0.15) is 0 Å². The van der Waals surface area contributed by atoms with E-state index < -0.39 is 7.82 Å². The number of carbonyl (C=O) groups excluding carboxylic acids is 2. The van der Waals surface area contributed by atoms with Crippen molar-refractivity contribution in [2.45, 2.75) is 0 Å². The third-order valence-corrected chi connectivity index (χ3v) is 0.0556. The minimum absolute atomic E-state index is 0. The van der Waals surface area contributed by atoms with E-state index in [4.69, 9.17) is 42.8 Å². The number of hydrogen-bond acceptors (Lipinski definition) is 6. The number of carbonyl (C=O) groups is 2. The summed E-state index contributed by atoms with van der Waals surface area (Å²) in [5, 5.41) is 0. The van der Waals surface area contributed by atoms with Gasteiger partial charge in [-0.3, -0.25) is 9.59 Å². The van der Waals surface area contributed by atoms with Crippen LogP contribution >= 0.6 is 43.4 Å². The molecule has 0 aromatic heterocycles. The van der Waals surface area contributed by atoms with Gasteiger partial charge in [0.1, 0.15) is 0 Å². The normalized spacial score (nSPS) is 5.11. The number of hydrogen-bond donors (Lipinski definition) is 3. The smallest absolute Gasteiger partial charge is 0.231 e. The van der Waals surface area contributed by atoms with Crippen molar-refractivity contribution in [1.29, 1.82) is 0 Å². The predicted octanol–water partition coefficient (Wildman–Crippen LogP) is -12.7. The van der Waals surface area contributed by atoms with Gasteiger partial charge in [0.2, 0.25) is 0 Å². The van der Waals surface area contributed by atoms with Gasteiger partial charge in [-0.05, 0) is 0 Å². The van der Waals surface area contributed by atoms with Gasteiger partial charge < -0.3 is 28.7 Å². The molecule has 98 valence electrons. The summed E-state index contributed by atoms with van der Waals surface area (Å²) in [4.78, 5) is 39.2. The Kier molecular flexibility index (Phi) is 200. The molecule has 0 unspecified atom stereocenters. The van der Waals surface area contributed by atoms with Gasteiger partial charge in [-0.2, -0.15) is 0 Å². The maximum atomic E-state index is 8.88. The summed E-state index contributed by atoms with van der Waals surface area (Å²) >= 11 is 10.2. The molecule has 19 heavy (non-hydrogen) atoms. The van der Waals surface area contributed by atoms with E-state index in [1.807, 2.05) is 0 Å². The van der Waals surface area contributed by atoms with Gasteiger partial charge in [0.05, 0.1) is 0 Å². The first-order chi connectivity index (χ1) is 6.91. The second-order valence-corrected chi connectivity index (χ2v) is 1.81. The number of rotatable bonds is 1. The maximum absolute atomic E-state index is 8.88. The van der Waals surface area contributed by atoms with E-state index in [1.165, 1.54) is 0 Å². The zero-order chi connectivity index (χ0) is 13.9. The molecule has 3 N–H and O–H groups in total. The van der Waals surface area contributed by atoms with Crippen molar-refractivity contribution in [3.63, 3.8) is 0 Å². The van der Waals surface area contributed by atoms with Crippen molar-refractivity contribution in [1.82, 2.24) is 0 Å². The fourth-order valence-electron chi connectivity index (χ4n) is 0. The van der Waals surface area contributed by atoms with Crippen molar-refractivity contribution < 1.29 is 131 Å².